The van der Waals surface area contributed by atoms with Crippen molar-refractivity contribution in [3.63, 3.8) is 0 Å². The molecule has 0 spiro atoms. The molecule has 7 rings (SSSR count). The molecule has 0 aliphatic heterocycles. The highest BCUT2D eigenvalue weighted by atomic mass is 16.6. The lowest BCUT2D eigenvalue weighted by atomic mass is 9.87. The molecule has 0 atom stereocenters. The molecule has 18 nitrogen and oxygen atoms in total. The van der Waals surface area contributed by atoms with Crippen LogP contribution < -0.4 is 0 Å². The van der Waals surface area contributed by atoms with Crippen LogP contribution in [0.1, 0.15) is 158 Å². The molecule has 0 amide bonds. The van der Waals surface area contributed by atoms with E-state index >= 15 is 0 Å². The highest BCUT2D eigenvalue weighted by Crippen LogP contribution is 2.35. The largest absolute Gasteiger partial charge is 0.457 e. The van der Waals surface area contributed by atoms with Crippen LogP contribution in [0, 0.1) is 0 Å². The molecule has 7 aromatic rings. The Bertz CT molecular complexity index is 3270. The average molecular weight is 1050 g/mol. The van der Waals surface area contributed by atoms with Crippen LogP contribution in [0.4, 0.5) is 0 Å². The first-order valence-electron chi connectivity index (χ1n) is 23.4. The summed E-state index contributed by atoms with van der Waals surface area (Å²) in [5.41, 5.74) is 0.697. The van der Waals surface area contributed by atoms with Gasteiger partial charge in [-0.15, -0.1) is 0 Å². The topological polar surface area (TPSA) is 260 Å². The SMILES string of the molecule is O=Cc1ccc(C(=O)OCc2c(COC(=O)c3ccc(C=O)cc3)c(COC(=O)c3ccc(C=O)cc3)c(COC(=O)c3cccc(C=O)c3)c(COC(=O)c3ccc(C=O)cc3)c2COC(=O)c2ccc(C=O)cc2)cc1. The van der Waals surface area contributed by atoms with Crippen molar-refractivity contribution in [2.45, 2.75) is 39.6 Å². The minimum atomic E-state index is -0.979. The van der Waals surface area contributed by atoms with Gasteiger partial charge in [0.2, 0.25) is 0 Å². The Morgan fingerprint density at radius 1 is 0.244 bits per heavy atom. The summed E-state index contributed by atoms with van der Waals surface area (Å²) in [4.78, 5) is 152. The molecular formula is C60H42O18. The molecular weight excluding hydrogens is 1010 g/mol. The van der Waals surface area contributed by atoms with Gasteiger partial charge < -0.3 is 28.4 Å². The summed E-state index contributed by atoms with van der Waals surface area (Å²) < 4.78 is 35.4. The van der Waals surface area contributed by atoms with Gasteiger partial charge in [0.15, 0.2) is 0 Å². The molecule has 18 heteroatoms. The number of ether oxygens (including phenoxy) is 6. The highest BCUT2D eigenvalue weighted by molar-refractivity contribution is 5.94. The molecule has 0 fully saturated rings. The van der Waals surface area contributed by atoms with Gasteiger partial charge in [-0.05, 0) is 72.8 Å². The van der Waals surface area contributed by atoms with E-state index in [1.54, 1.807) is 0 Å². The monoisotopic (exact) mass is 1050 g/mol. The van der Waals surface area contributed by atoms with Crippen molar-refractivity contribution in [2.75, 3.05) is 0 Å². The molecule has 0 bridgehead atoms. The van der Waals surface area contributed by atoms with Gasteiger partial charge in [0, 0.05) is 66.8 Å². The Kier molecular flexibility index (Phi) is 18.8. The smallest absolute Gasteiger partial charge is 0.338 e. The summed E-state index contributed by atoms with van der Waals surface area (Å²) in [5, 5.41) is 0. The second-order valence-corrected chi connectivity index (χ2v) is 16.8. The molecule has 0 N–H and O–H groups in total. The molecule has 7 aromatic carbocycles. The van der Waals surface area contributed by atoms with Gasteiger partial charge in [0.1, 0.15) is 77.4 Å². The molecule has 390 valence electrons. The predicted octanol–water partition coefficient (Wildman–Crippen LogP) is 8.70. The van der Waals surface area contributed by atoms with Crippen molar-refractivity contribution in [2.24, 2.45) is 0 Å². The third kappa shape index (κ3) is 13.9. The lowest BCUT2D eigenvalue weighted by Gasteiger charge is -2.27. The summed E-state index contributed by atoms with van der Waals surface area (Å²) in [6.45, 7) is -4.54. The molecule has 0 heterocycles. The average Bonchev–Trinajstić information content (AvgIpc) is 3.50. The van der Waals surface area contributed by atoms with Crippen molar-refractivity contribution in [3.8, 4) is 0 Å². The van der Waals surface area contributed by atoms with Crippen LogP contribution in [0.5, 0.6) is 0 Å². The Morgan fingerprint density at radius 2 is 0.436 bits per heavy atom. The predicted molar refractivity (Wildman–Crippen MR) is 272 cm³/mol. The van der Waals surface area contributed by atoms with Gasteiger partial charge in [-0.1, -0.05) is 72.8 Å². The summed E-state index contributed by atoms with van der Waals surface area (Å²) in [6, 6.07) is 32.4. The van der Waals surface area contributed by atoms with E-state index in [0.717, 1.165) is 0 Å². The maximum absolute atomic E-state index is 13.9. The second-order valence-electron chi connectivity index (χ2n) is 16.8. The van der Waals surface area contributed by atoms with Gasteiger partial charge in [0.05, 0.1) is 33.4 Å². The third-order valence-corrected chi connectivity index (χ3v) is 11.9. The van der Waals surface area contributed by atoms with Gasteiger partial charge >= 0.3 is 35.8 Å². The van der Waals surface area contributed by atoms with Crippen molar-refractivity contribution in [3.05, 3.63) is 246 Å². The quantitative estimate of drug-likeness (QED) is 0.0311. The second kappa shape index (κ2) is 26.5. The number of carbonyl (C=O) groups is 12. The number of hydrogen-bond acceptors (Lipinski definition) is 18. The van der Waals surface area contributed by atoms with Crippen LogP contribution in [-0.4, -0.2) is 73.5 Å². The standard InChI is InChI=1S/C60H42O18/c61-25-37-4-14-43(15-5-37)55(67)73-31-49-50(32-74-56(68)44-16-6-38(26-62)7-17-44)52(34-76-58(70)46-20-10-40(28-64)11-21-46)54(36-78-60(72)48-3-1-2-42(24-48)30-66)53(35-77-59(71)47-22-12-41(29-65)13-23-47)51(49)33-75-57(69)45-18-8-39(27-63)9-19-45/h1-30H,31-36H2. The number of hydrogen-bond donors (Lipinski definition) is 0. The van der Waals surface area contributed by atoms with Crippen LogP contribution in [-0.2, 0) is 68.1 Å². The van der Waals surface area contributed by atoms with Crippen LogP contribution in [0.2, 0.25) is 0 Å². The Morgan fingerprint density at radius 3 is 0.628 bits per heavy atom. The first-order valence-corrected chi connectivity index (χ1v) is 23.4. The Hall–Kier alpha value is -10.6. The first-order chi connectivity index (χ1) is 37.9. The summed E-state index contributed by atoms with van der Waals surface area (Å²) in [7, 11) is 0. The number of benzene rings is 7. The zero-order valence-corrected chi connectivity index (χ0v) is 40.9. The lowest BCUT2D eigenvalue weighted by Crippen LogP contribution is -2.22. The van der Waals surface area contributed by atoms with Crippen LogP contribution in [0.15, 0.2) is 146 Å². The minimum absolute atomic E-state index is 0.0224. The van der Waals surface area contributed by atoms with E-state index in [4.69, 9.17) is 28.4 Å². The third-order valence-electron chi connectivity index (χ3n) is 11.9. The van der Waals surface area contributed by atoms with Crippen LogP contribution in [0.25, 0.3) is 0 Å². The minimum Gasteiger partial charge on any atom is -0.457 e. The van der Waals surface area contributed by atoms with E-state index < -0.39 is 75.5 Å². The molecule has 0 saturated heterocycles. The molecule has 0 aliphatic rings. The zero-order valence-electron chi connectivity index (χ0n) is 40.9. The summed E-state index contributed by atoms with van der Waals surface area (Å²) in [5.74, 6) is -5.72. The molecule has 0 saturated carbocycles. The highest BCUT2D eigenvalue weighted by Gasteiger charge is 2.30. The van der Waals surface area contributed by atoms with E-state index in [1.165, 1.54) is 146 Å². The van der Waals surface area contributed by atoms with E-state index in [-0.39, 0.29) is 100 Å². The van der Waals surface area contributed by atoms with E-state index in [9.17, 15) is 57.5 Å². The van der Waals surface area contributed by atoms with E-state index in [0.29, 0.717) is 37.7 Å². The molecule has 78 heavy (non-hydrogen) atoms. The van der Waals surface area contributed by atoms with Gasteiger partial charge in [-0.3, -0.25) is 28.8 Å². The fourth-order valence-corrected chi connectivity index (χ4v) is 7.69. The maximum Gasteiger partial charge on any atom is 0.338 e. The molecule has 0 radical (unpaired) electrons. The van der Waals surface area contributed by atoms with Gasteiger partial charge in [0.25, 0.3) is 0 Å². The van der Waals surface area contributed by atoms with Crippen molar-refractivity contribution in [1.82, 2.24) is 0 Å². The van der Waals surface area contributed by atoms with Crippen molar-refractivity contribution >= 4 is 73.5 Å². The van der Waals surface area contributed by atoms with Gasteiger partial charge in [-0.25, -0.2) is 28.8 Å². The van der Waals surface area contributed by atoms with E-state index in [2.05, 4.69) is 0 Å². The Balaban J connectivity index is 1.46. The fraction of sp³-hybridized carbons (Fsp3) is 0.100. The van der Waals surface area contributed by atoms with E-state index in [1.807, 2.05) is 0 Å². The number of rotatable bonds is 24. The van der Waals surface area contributed by atoms with Crippen molar-refractivity contribution in [1.29, 1.82) is 0 Å². The van der Waals surface area contributed by atoms with Gasteiger partial charge in [-0.2, -0.15) is 0 Å². The first kappa shape index (κ1) is 55.1. The molecule has 0 aliphatic carbocycles. The maximum atomic E-state index is 13.9. The molecule has 0 aromatic heterocycles. The number of esters is 6. The Labute approximate surface area is 443 Å². The van der Waals surface area contributed by atoms with Crippen molar-refractivity contribution < 1.29 is 86.0 Å². The van der Waals surface area contributed by atoms with Crippen LogP contribution >= 0.6 is 0 Å². The normalized spacial score (nSPS) is 10.5. The summed E-state index contributed by atoms with van der Waals surface area (Å²) >= 11 is 0. The number of carbonyl (C=O) groups excluding carboxylic acids is 12. The molecule has 0 unspecified atom stereocenters. The summed E-state index contributed by atoms with van der Waals surface area (Å²) in [6.07, 6.45) is 3.32. The fourth-order valence-electron chi connectivity index (χ4n) is 7.69. The lowest BCUT2D eigenvalue weighted by molar-refractivity contribution is 0.0379. The zero-order chi connectivity index (χ0) is 55.6. The number of aldehydes is 6. The van der Waals surface area contributed by atoms with Crippen LogP contribution in [0.3, 0.4) is 0 Å².